The number of rotatable bonds is 3. The maximum atomic E-state index is 5.86. The van der Waals surface area contributed by atoms with Crippen LogP contribution in [0.15, 0.2) is 22.7 Å². The number of anilines is 1. The molecule has 0 aromatic heterocycles. The summed E-state index contributed by atoms with van der Waals surface area (Å²) in [6.07, 6.45) is 2.50. The summed E-state index contributed by atoms with van der Waals surface area (Å²) in [5.41, 5.74) is 8.02. The van der Waals surface area contributed by atoms with E-state index in [1.807, 2.05) is 6.07 Å². The summed E-state index contributed by atoms with van der Waals surface area (Å²) in [6.45, 7) is 5.66. The minimum Gasteiger partial charge on any atom is -0.389 e. The molecule has 1 fully saturated rings. The molecule has 2 nitrogen and oxygen atoms in total. The van der Waals surface area contributed by atoms with Gasteiger partial charge in [-0.1, -0.05) is 42.0 Å². The van der Waals surface area contributed by atoms with Gasteiger partial charge in [0.15, 0.2) is 0 Å². The highest BCUT2D eigenvalue weighted by Crippen LogP contribution is 2.33. The summed E-state index contributed by atoms with van der Waals surface area (Å²) >= 11 is 8.66. The van der Waals surface area contributed by atoms with E-state index in [1.165, 1.54) is 18.5 Å². The van der Waals surface area contributed by atoms with Crippen LogP contribution in [-0.2, 0) is 0 Å². The lowest BCUT2D eigenvalue weighted by Crippen LogP contribution is -2.34. The molecule has 0 aliphatic carbocycles. The third kappa shape index (κ3) is 2.69. The van der Waals surface area contributed by atoms with Gasteiger partial charge in [0.1, 0.15) is 4.99 Å². The monoisotopic (exact) mass is 326 g/mol. The summed E-state index contributed by atoms with van der Waals surface area (Å²) < 4.78 is 1.02. The van der Waals surface area contributed by atoms with Gasteiger partial charge in [-0.3, -0.25) is 0 Å². The van der Waals surface area contributed by atoms with Crippen LogP contribution in [0.3, 0.4) is 0 Å². The molecule has 1 aromatic carbocycles. The number of nitrogens with two attached hydrogens (primary N) is 1. The van der Waals surface area contributed by atoms with Gasteiger partial charge < -0.3 is 10.6 Å². The van der Waals surface area contributed by atoms with Crippen molar-refractivity contribution < 1.29 is 0 Å². The van der Waals surface area contributed by atoms with E-state index in [0.29, 0.717) is 16.9 Å². The molecule has 0 saturated carbocycles. The lowest BCUT2D eigenvalue weighted by molar-refractivity contribution is 0.492. The molecular weight excluding hydrogens is 308 g/mol. The second-order valence-corrected chi connectivity index (χ2v) is 6.53. The zero-order valence-electron chi connectivity index (χ0n) is 10.8. The number of hydrogen-bond acceptors (Lipinski definition) is 2. The van der Waals surface area contributed by atoms with Gasteiger partial charge in [-0.2, -0.15) is 0 Å². The molecule has 4 heteroatoms. The fourth-order valence-corrected chi connectivity index (χ4v) is 3.27. The van der Waals surface area contributed by atoms with E-state index in [4.69, 9.17) is 18.0 Å². The van der Waals surface area contributed by atoms with Crippen molar-refractivity contribution in [3.05, 3.63) is 28.2 Å². The molecule has 0 amide bonds. The first-order valence-corrected chi connectivity index (χ1v) is 7.57. The predicted molar refractivity (Wildman–Crippen MR) is 85.2 cm³/mol. The molecule has 1 atom stereocenters. The summed E-state index contributed by atoms with van der Waals surface area (Å²) in [7, 11) is 0. The zero-order chi connectivity index (χ0) is 13.3. The molecule has 1 heterocycles. The molecule has 1 saturated heterocycles. The van der Waals surface area contributed by atoms with Crippen molar-refractivity contribution in [2.45, 2.75) is 32.7 Å². The average Bonchev–Trinajstić information content (AvgIpc) is 2.77. The molecule has 1 unspecified atom stereocenters. The molecule has 0 spiro atoms. The Morgan fingerprint density at radius 1 is 1.50 bits per heavy atom. The fraction of sp³-hybridized carbons (Fsp3) is 0.500. The zero-order valence-corrected chi connectivity index (χ0v) is 13.2. The topological polar surface area (TPSA) is 29.3 Å². The van der Waals surface area contributed by atoms with Gasteiger partial charge in [0, 0.05) is 28.3 Å². The van der Waals surface area contributed by atoms with Crippen LogP contribution >= 0.6 is 28.1 Å². The van der Waals surface area contributed by atoms with Crippen LogP contribution in [0, 0.1) is 5.92 Å². The summed E-state index contributed by atoms with van der Waals surface area (Å²) in [4.78, 5) is 2.94. The quantitative estimate of drug-likeness (QED) is 0.858. The molecule has 0 bridgehead atoms. The van der Waals surface area contributed by atoms with Crippen molar-refractivity contribution in [3.63, 3.8) is 0 Å². The smallest absolute Gasteiger partial charge is 0.106 e. The van der Waals surface area contributed by atoms with Gasteiger partial charge >= 0.3 is 0 Å². The minimum absolute atomic E-state index is 0.473. The van der Waals surface area contributed by atoms with Crippen molar-refractivity contribution in [1.82, 2.24) is 0 Å². The molecule has 1 aromatic rings. The molecule has 2 N–H and O–H groups in total. The summed E-state index contributed by atoms with van der Waals surface area (Å²) in [6, 6.07) is 6.80. The van der Waals surface area contributed by atoms with Crippen molar-refractivity contribution in [1.29, 1.82) is 0 Å². The van der Waals surface area contributed by atoms with Crippen LogP contribution in [-0.4, -0.2) is 17.6 Å². The van der Waals surface area contributed by atoms with Crippen LogP contribution in [0.5, 0.6) is 0 Å². The van der Waals surface area contributed by atoms with E-state index in [1.54, 1.807) is 0 Å². The van der Waals surface area contributed by atoms with Crippen LogP contribution < -0.4 is 10.6 Å². The van der Waals surface area contributed by atoms with Gasteiger partial charge in [0.2, 0.25) is 0 Å². The number of halogens is 1. The Hall–Kier alpha value is -0.610. The summed E-state index contributed by atoms with van der Waals surface area (Å²) in [5, 5.41) is 0. The number of hydrogen-bond donors (Lipinski definition) is 1. The predicted octanol–water partition coefficient (Wildman–Crippen LogP) is 3.71. The molecule has 1 aliphatic heterocycles. The fourth-order valence-electron chi connectivity index (χ4n) is 2.74. The Morgan fingerprint density at radius 2 is 2.22 bits per heavy atom. The van der Waals surface area contributed by atoms with Crippen LogP contribution in [0.2, 0.25) is 0 Å². The Labute approximate surface area is 123 Å². The highest BCUT2D eigenvalue weighted by molar-refractivity contribution is 9.10. The standard InChI is InChI=1S/C14H19BrN2S/c1-9(2)12-4-3-7-17(12)13-6-5-10(15)8-11(13)14(16)18/h5-6,8-9,12H,3-4,7H2,1-2H3,(H2,16,18). The van der Waals surface area contributed by atoms with Crippen LogP contribution in [0.1, 0.15) is 32.3 Å². The van der Waals surface area contributed by atoms with Crippen molar-refractivity contribution in [2.24, 2.45) is 11.7 Å². The lowest BCUT2D eigenvalue weighted by atomic mass is 10.0. The second kappa shape index (κ2) is 5.57. The Morgan fingerprint density at radius 3 is 2.83 bits per heavy atom. The van der Waals surface area contributed by atoms with Crippen molar-refractivity contribution in [2.75, 3.05) is 11.4 Å². The molecule has 2 rings (SSSR count). The van der Waals surface area contributed by atoms with Crippen molar-refractivity contribution >= 4 is 38.8 Å². The van der Waals surface area contributed by atoms with Gasteiger partial charge in [-0.15, -0.1) is 0 Å². The molecule has 18 heavy (non-hydrogen) atoms. The number of benzene rings is 1. The second-order valence-electron chi connectivity index (χ2n) is 5.17. The largest absolute Gasteiger partial charge is 0.389 e. The Balaban J connectivity index is 2.41. The first-order chi connectivity index (χ1) is 8.50. The van der Waals surface area contributed by atoms with Gasteiger partial charge in [0.25, 0.3) is 0 Å². The van der Waals surface area contributed by atoms with Crippen LogP contribution in [0.25, 0.3) is 0 Å². The normalized spacial score (nSPS) is 19.6. The summed E-state index contributed by atoms with van der Waals surface area (Å²) in [5.74, 6) is 0.648. The Kier molecular flexibility index (Phi) is 4.28. The maximum Gasteiger partial charge on any atom is 0.106 e. The van der Waals surface area contributed by atoms with Gasteiger partial charge in [0.05, 0.1) is 0 Å². The van der Waals surface area contributed by atoms with E-state index in [0.717, 1.165) is 16.6 Å². The van der Waals surface area contributed by atoms with Gasteiger partial charge in [-0.25, -0.2) is 0 Å². The van der Waals surface area contributed by atoms with E-state index in [2.05, 4.69) is 46.8 Å². The van der Waals surface area contributed by atoms with E-state index in [-0.39, 0.29) is 0 Å². The number of thiocarbonyl (C=S) groups is 1. The SMILES string of the molecule is CC(C)C1CCCN1c1ccc(Br)cc1C(N)=S. The van der Waals surface area contributed by atoms with Crippen LogP contribution in [0.4, 0.5) is 5.69 Å². The molecule has 98 valence electrons. The highest BCUT2D eigenvalue weighted by atomic mass is 79.9. The first-order valence-electron chi connectivity index (χ1n) is 6.36. The van der Waals surface area contributed by atoms with Gasteiger partial charge in [-0.05, 0) is 37.0 Å². The average molecular weight is 327 g/mol. The highest BCUT2D eigenvalue weighted by Gasteiger charge is 2.28. The maximum absolute atomic E-state index is 5.86. The Bertz CT molecular complexity index is 459. The van der Waals surface area contributed by atoms with E-state index < -0.39 is 0 Å². The van der Waals surface area contributed by atoms with E-state index >= 15 is 0 Å². The van der Waals surface area contributed by atoms with Crippen molar-refractivity contribution in [3.8, 4) is 0 Å². The number of nitrogens with zero attached hydrogens (tertiary/aromatic N) is 1. The minimum atomic E-state index is 0.473. The first kappa shape index (κ1) is 13.8. The molecule has 1 aliphatic rings. The van der Waals surface area contributed by atoms with E-state index in [9.17, 15) is 0 Å². The lowest BCUT2D eigenvalue weighted by Gasteiger charge is -2.31. The third-order valence-corrected chi connectivity index (χ3v) is 4.32. The molecule has 0 radical (unpaired) electrons. The third-order valence-electron chi connectivity index (χ3n) is 3.60. The molecular formula is C14H19BrN2S.